The quantitative estimate of drug-likeness (QED) is 0.445. The maximum absolute atomic E-state index is 13.4. The summed E-state index contributed by atoms with van der Waals surface area (Å²) < 4.78 is 15.2. The molecule has 0 fully saturated rings. The number of halogens is 1. The molecule has 4 aromatic rings. The van der Waals surface area contributed by atoms with Crippen molar-refractivity contribution in [3.63, 3.8) is 0 Å². The molecule has 9 heteroatoms. The molecule has 152 valence electrons. The maximum Gasteiger partial charge on any atom is 0.252 e. The number of hydrogen-bond donors (Lipinski definition) is 2. The highest BCUT2D eigenvalue weighted by molar-refractivity contribution is 7.98. The summed E-state index contributed by atoms with van der Waals surface area (Å²) in [5.74, 6) is 0.807. The van der Waals surface area contributed by atoms with Crippen LogP contribution in [0.3, 0.4) is 0 Å². The Morgan fingerprint density at radius 3 is 2.57 bits per heavy atom. The lowest BCUT2D eigenvalue weighted by Gasteiger charge is -2.19. The van der Waals surface area contributed by atoms with Crippen LogP contribution >= 0.6 is 11.8 Å². The smallest absolute Gasteiger partial charge is 0.252 e. The number of rotatable bonds is 7. The fraction of sp³-hybridized carbons (Fsp3) is 0.143. The number of imidazole rings is 1. The van der Waals surface area contributed by atoms with E-state index >= 15 is 0 Å². The Labute approximate surface area is 176 Å². The molecule has 2 N–H and O–H groups in total. The Hall–Kier alpha value is -3.46. The van der Waals surface area contributed by atoms with E-state index in [1.165, 1.54) is 30.2 Å². The van der Waals surface area contributed by atoms with Gasteiger partial charge in [-0.25, -0.2) is 14.4 Å². The lowest BCUT2D eigenvalue weighted by Crippen LogP contribution is -2.31. The van der Waals surface area contributed by atoms with Crippen LogP contribution in [0.2, 0.25) is 0 Å². The van der Waals surface area contributed by atoms with Crippen LogP contribution in [-0.4, -0.2) is 30.6 Å². The van der Waals surface area contributed by atoms with Gasteiger partial charge in [-0.05, 0) is 35.4 Å². The second kappa shape index (κ2) is 8.91. The normalized spacial score (nSPS) is 11.9. The molecular weight excluding hydrogens is 403 g/mol. The Kier molecular flexibility index (Phi) is 5.89. The number of hydrogen-bond acceptors (Lipinski definition) is 5. The molecule has 0 bridgehead atoms. The van der Waals surface area contributed by atoms with E-state index in [9.17, 15) is 9.18 Å². The predicted octanol–water partition coefficient (Wildman–Crippen LogP) is 3.49. The van der Waals surface area contributed by atoms with E-state index in [-0.39, 0.29) is 11.7 Å². The summed E-state index contributed by atoms with van der Waals surface area (Å²) >= 11 is 1.53. The first-order valence-corrected chi connectivity index (χ1v) is 10.2. The predicted molar refractivity (Wildman–Crippen MR) is 111 cm³/mol. The molecule has 2 aromatic heterocycles. The molecule has 7 nitrogen and oxygen atoms in total. The Balaban J connectivity index is 1.49. The van der Waals surface area contributed by atoms with Gasteiger partial charge >= 0.3 is 0 Å². The zero-order valence-corrected chi connectivity index (χ0v) is 16.9. The maximum atomic E-state index is 13.4. The van der Waals surface area contributed by atoms with Crippen LogP contribution in [0, 0.1) is 5.82 Å². The van der Waals surface area contributed by atoms with Gasteiger partial charge in [-0.15, -0.1) is 0 Å². The molecule has 4 rings (SSSR count). The van der Waals surface area contributed by atoms with Gasteiger partial charge in [0.2, 0.25) is 0 Å². The van der Waals surface area contributed by atoms with Crippen molar-refractivity contribution >= 4 is 17.7 Å². The van der Waals surface area contributed by atoms with E-state index < -0.39 is 6.04 Å². The second-order valence-electron chi connectivity index (χ2n) is 6.63. The zero-order valence-electron chi connectivity index (χ0n) is 16.1. The van der Waals surface area contributed by atoms with Crippen LogP contribution in [0.25, 0.3) is 0 Å². The van der Waals surface area contributed by atoms with Crippen molar-refractivity contribution in [1.82, 2.24) is 30.0 Å². The molecule has 0 saturated heterocycles. The standard InChI is InChI=1S/C21H19FN6OS/c1-28-11-10-23-19(28)18(15-6-8-17(22)9-7-15)26-20(29)16-4-2-14(3-5-16)12-30-21-24-13-25-27-21/h2-11,13,18H,12H2,1H3,(H,26,29)(H,24,25,27). The molecule has 1 amide bonds. The molecule has 2 aromatic carbocycles. The Morgan fingerprint density at radius 1 is 1.17 bits per heavy atom. The fourth-order valence-electron chi connectivity index (χ4n) is 2.99. The highest BCUT2D eigenvalue weighted by Gasteiger charge is 2.21. The molecule has 0 aliphatic heterocycles. The highest BCUT2D eigenvalue weighted by atomic mass is 32.2. The van der Waals surface area contributed by atoms with Gasteiger partial charge in [-0.3, -0.25) is 9.89 Å². The van der Waals surface area contributed by atoms with Gasteiger partial charge in [-0.1, -0.05) is 36.0 Å². The minimum Gasteiger partial charge on any atom is -0.338 e. The third-order valence-electron chi connectivity index (χ3n) is 4.58. The van der Waals surface area contributed by atoms with Crippen LogP contribution < -0.4 is 5.32 Å². The first-order valence-electron chi connectivity index (χ1n) is 9.21. The van der Waals surface area contributed by atoms with Crippen molar-refractivity contribution < 1.29 is 9.18 Å². The number of aromatic amines is 1. The van der Waals surface area contributed by atoms with Crippen molar-refractivity contribution in [3.05, 3.63) is 95.6 Å². The summed E-state index contributed by atoms with van der Waals surface area (Å²) in [6.07, 6.45) is 4.94. The molecule has 1 unspecified atom stereocenters. The molecule has 1 atom stereocenters. The molecule has 2 heterocycles. The number of aromatic nitrogens is 5. The SMILES string of the molecule is Cn1ccnc1C(NC(=O)c1ccc(CSc2ncn[nH]2)cc1)c1ccc(F)cc1. The number of H-pyrrole nitrogens is 1. The van der Waals surface area contributed by atoms with E-state index in [4.69, 9.17) is 0 Å². The fourth-order valence-corrected chi connectivity index (χ4v) is 3.72. The second-order valence-corrected chi connectivity index (χ2v) is 7.59. The van der Waals surface area contributed by atoms with Crippen LogP contribution in [0.15, 0.2) is 72.4 Å². The van der Waals surface area contributed by atoms with Crippen LogP contribution in [0.5, 0.6) is 0 Å². The number of amides is 1. The van der Waals surface area contributed by atoms with E-state index in [0.717, 1.165) is 16.3 Å². The zero-order chi connectivity index (χ0) is 20.9. The number of nitrogens with one attached hydrogen (secondary N) is 2. The number of benzene rings is 2. The van der Waals surface area contributed by atoms with E-state index in [1.54, 1.807) is 36.7 Å². The van der Waals surface area contributed by atoms with Gasteiger partial charge < -0.3 is 9.88 Å². The topological polar surface area (TPSA) is 88.5 Å². The van der Waals surface area contributed by atoms with Gasteiger partial charge in [-0.2, -0.15) is 5.10 Å². The minimum absolute atomic E-state index is 0.234. The molecule has 0 radical (unpaired) electrons. The molecule has 0 saturated carbocycles. The number of thioether (sulfide) groups is 1. The number of nitrogens with zero attached hydrogens (tertiary/aromatic N) is 4. The van der Waals surface area contributed by atoms with E-state index in [1.807, 2.05) is 23.7 Å². The largest absolute Gasteiger partial charge is 0.338 e. The van der Waals surface area contributed by atoms with Crippen molar-refractivity contribution in [2.24, 2.45) is 7.05 Å². The van der Waals surface area contributed by atoms with Gasteiger partial charge in [0.25, 0.3) is 5.91 Å². The summed E-state index contributed by atoms with van der Waals surface area (Å²) in [6.45, 7) is 0. The molecule has 0 spiro atoms. The van der Waals surface area contributed by atoms with Crippen molar-refractivity contribution in [2.75, 3.05) is 0 Å². The summed E-state index contributed by atoms with van der Waals surface area (Å²) in [7, 11) is 1.85. The van der Waals surface area contributed by atoms with Crippen molar-refractivity contribution in [1.29, 1.82) is 0 Å². The summed E-state index contributed by atoms with van der Waals surface area (Å²) in [6, 6.07) is 12.9. The molecule has 0 aliphatic carbocycles. The number of carbonyl (C=O) groups is 1. The van der Waals surface area contributed by atoms with Gasteiger partial charge in [0, 0.05) is 30.8 Å². The Morgan fingerprint density at radius 2 is 1.93 bits per heavy atom. The minimum atomic E-state index is -0.500. The van der Waals surface area contributed by atoms with Gasteiger partial charge in [0.1, 0.15) is 24.0 Å². The number of aryl methyl sites for hydroxylation is 1. The summed E-state index contributed by atoms with van der Waals surface area (Å²) in [5.41, 5.74) is 2.34. The number of carbonyl (C=O) groups excluding carboxylic acids is 1. The third-order valence-corrected chi connectivity index (χ3v) is 5.53. The van der Waals surface area contributed by atoms with Crippen LogP contribution in [0.1, 0.15) is 33.4 Å². The van der Waals surface area contributed by atoms with Crippen LogP contribution in [-0.2, 0) is 12.8 Å². The van der Waals surface area contributed by atoms with Crippen molar-refractivity contribution in [2.45, 2.75) is 17.0 Å². The van der Waals surface area contributed by atoms with Crippen molar-refractivity contribution in [3.8, 4) is 0 Å². The summed E-state index contributed by atoms with van der Waals surface area (Å²) in [4.78, 5) is 21.3. The highest BCUT2D eigenvalue weighted by Crippen LogP contribution is 2.22. The first kappa shape index (κ1) is 19.8. The average Bonchev–Trinajstić information content (AvgIpc) is 3.43. The molecule has 30 heavy (non-hydrogen) atoms. The summed E-state index contributed by atoms with van der Waals surface area (Å²) in [5, 5.41) is 10.4. The third kappa shape index (κ3) is 4.57. The molecular formula is C21H19FN6OS. The average molecular weight is 422 g/mol. The van der Waals surface area contributed by atoms with Gasteiger partial charge in [0.15, 0.2) is 5.16 Å². The van der Waals surface area contributed by atoms with E-state index in [2.05, 4.69) is 25.5 Å². The van der Waals surface area contributed by atoms with Gasteiger partial charge in [0.05, 0.1) is 0 Å². The first-order chi connectivity index (χ1) is 14.6. The Bertz CT molecular complexity index is 1110. The van der Waals surface area contributed by atoms with E-state index in [0.29, 0.717) is 17.1 Å². The van der Waals surface area contributed by atoms with Crippen LogP contribution in [0.4, 0.5) is 4.39 Å². The monoisotopic (exact) mass is 422 g/mol. The lowest BCUT2D eigenvalue weighted by molar-refractivity contribution is 0.0941. The molecule has 0 aliphatic rings. The lowest BCUT2D eigenvalue weighted by atomic mass is 10.0.